The zero-order valence-corrected chi connectivity index (χ0v) is 19.0. The van der Waals surface area contributed by atoms with Gasteiger partial charge in [-0.25, -0.2) is 4.79 Å². The number of carbonyl (C=O) groups excluding carboxylic acids is 4. The van der Waals surface area contributed by atoms with Gasteiger partial charge in [-0.1, -0.05) is 0 Å². The van der Waals surface area contributed by atoms with Gasteiger partial charge in [0.2, 0.25) is 11.8 Å². The summed E-state index contributed by atoms with van der Waals surface area (Å²) < 4.78 is 5.10. The van der Waals surface area contributed by atoms with Crippen LogP contribution in [0.15, 0.2) is 0 Å². The van der Waals surface area contributed by atoms with Crippen molar-refractivity contribution >= 4 is 40.0 Å². The molecule has 1 aliphatic rings. The fourth-order valence-electron chi connectivity index (χ4n) is 3.45. The van der Waals surface area contributed by atoms with Crippen LogP contribution in [0.2, 0.25) is 0 Å². The van der Waals surface area contributed by atoms with E-state index in [2.05, 4.69) is 10.6 Å². The molecule has 1 saturated heterocycles. The second kappa shape index (κ2) is 10.5. The Hall–Kier alpha value is -2.46. The monoisotopic (exact) mass is 438 g/mol. The lowest BCUT2D eigenvalue weighted by atomic mass is 9.95. The number of esters is 1. The lowest BCUT2D eigenvalue weighted by molar-refractivity contribution is -0.134. The molecule has 9 nitrogen and oxygen atoms in total. The highest BCUT2D eigenvalue weighted by Gasteiger charge is 2.29. The van der Waals surface area contributed by atoms with Crippen LogP contribution >= 0.6 is 11.3 Å². The quantitative estimate of drug-likeness (QED) is 0.622. The first-order valence-electron chi connectivity index (χ1n) is 9.95. The van der Waals surface area contributed by atoms with Gasteiger partial charge in [0.1, 0.15) is 5.00 Å². The molecule has 0 atom stereocenters. The van der Waals surface area contributed by atoms with Crippen molar-refractivity contribution in [2.45, 2.75) is 26.7 Å². The molecule has 30 heavy (non-hydrogen) atoms. The first-order valence-corrected chi connectivity index (χ1v) is 10.8. The fraction of sp³-hybridized carbons (Fsp3) is 0.600. The van der Waals surface area contributed by atoms with Crippen LogP contribution < -0.4 is 10.6 Å². The molecule has 166 valence electrons. The predicted molar refractivity (Wildman–Crippen MR) is 115 cm³/mol. The number of hydrogen-bond donors (Lipinski definition) is 2. The molecule has 0 unspecified atom stereocenters. The normalized spacial score (nSPS) is 14.8. The van der Waals surface area contributed by atoms with Gasteiger partial charge in [-0.2, -0.15) is 0 Å². The van der Waals surface area contributed by atoms with E-state index in [0.717, 1.165) is 11.3 Å². The maximum absolute atomic E-state index is 12.6. The molecule has 1 aromatic rings. The van der Waals surface area contributed by atoms with Gasteiger partial charge in [-0.3, -0.25) is 19.3 Å². The summed E-state index contributed by atoms with van der Waals surface area (Å²) in [5.41, 5.74) is 0.695. The molecular formula is C20H30N4O5S. The predicted octanol–water partition coefficient (Wildman–Crippen LogP) is 1.33. The van der Waals surface area contributed by atoms with Crippen molar-refractivity contribution in [3.63, 3.8) is 0 Å². The maximum atomic E-state index is 12.6. The van der Waals surface area contributed by atoms with Crippen LogP contribution in [0.25, 0.3) is 0 Å². The minimum atomic E-state index is -0.570. The smallest absolute Gasteiger partial charge is 0.341 e. The van der Waals surface area contributed by atoms with Crippen LogP contribution in [0.3, 0.4) is 0 Å². The first kappa shape index (κ1) is 23.8. The number of ether oxygens (including phenoxy) is 1. The van der Waals surface area contributed by atoms with Crippen LogP contribution in [-0.4, -0.2) is 80.9 Å². The number of piperidine rings is 1. The average molecular weight is 439 g/mol. The molecule has 0 aromatic carbocycles. The SMILES string of the molecule is CCOC(=O)c1c(NC(=O)CN2CCC(C(=O)N(C)C)CC2)sc(C(=O)NC)c1C. The van der Waals surface area contributed by atoms with E-state index in [0.29, 0.717) is 41.4 Å². The lowest BCUT2D eigenvalue weighted by Gasteiger charge is -2.31. The zero-order valence-electron chi connectivity index (χ0n) is 18.2. The van der Waals surface area contributed by atoms with Gasteiger partial charge in [0.05, 0.1) is 23.6 Å². The molecule has 10 heteroatoms. The van der Waals surface area contributed by atoms with Gasteiger partial charge in [-0.15, -0.1) is 11.3 Å². The third kappa shape index (κ3) is 5.57. The third-order valence-electron chi connectivity index (χ3n) is 5.06. The van der Waals surface area contributed by atoms with Gasteiger partial charge in [0.25, 0.3) is 5.91 Å². The summed E-state index contributed by atoms with van der Waals surface area (Å²) in [7, 11) is 5.01. The van der Waals surface area contributed by atoms with Gasteiger partial charge in [0.15, 0.2) is 0 Å². The summed E-state index contributed by atoms with van der Waals surface area (Å²) in [6, 6.07) is 0. The van der Waals surface area contributed by atoms with E-state index in [1.54, 1.807) is 32.8 Å². The van der Waals surface area contributed by atoms with Gasteiger partial charge in [-0.05, 0) is 45.3 Å². The van der Waals surface area contributed by atoms with Crippen molar-refractivity contribution in [1.29, 1.82) is 0 Å². The Kier molecular flexibility index (Phi) is 8.36. The number of anilines is 1. The van der Waals surface area contributed by atoms with Crippen molar-refractivity contribution in [1.82, 2.24) is 15.1 Å². The van der Waals surface area contributed by atoms with Crippen LogP contribution in [0.4, 0.5) is 5.00 Å². The minimum absolute atomic E-state index is 0.00946. The summed E-state index contributed by atoms with van der Waals surface area (Å²) in [6.45, 7) is 5.00. The lowest BCUT2D eigenvalue weighted by Crippen LogP contribution is -2.43. The summed E-state index contributed by atoms with van der Waals surface area (Å²) in [5.74, 6) is -1.06. The summed E-state index contributed by atoms with van der Waals surface area (Å²) in [6.07, 6.45) is 1.41. The van der Waals surface area contributed by atoms with E-state index < -0.39 is 5.97 Å². The Morgan fingerprint density at radius 1 is 1.20 bits per heavy atom. The van der Waals surface area contributed by atoms with Gasteiger partial charge in [0, 0.05) is 27.1 Å². The second-order valence-corrected chi connectivity index (χ2v) is 8.41. The second-order valence-electron chi connectivity index (χ2n) is 7.39. The summed E-state index contributed by atoms with van der Waals surface area (Å²) >= 11 is 1.06. The first-order chi connectivity index (χ1) is 14.2. The third-order valence-corrected chi connectivity index (χ3v) is 6.26. The highest BCUT2D eigenvalue weighted by atomic mass is 32.1. The van der Waals surface area contributed by atoms with E-state index in [-0.39, 0.29) is 42.4 Å². The number of nitrogens with one attached hydrogen (secondary N) is 2. The molecule has 2 N–H and O–H groups in total. The van der Waals surface area contributed by atoms with Crippen molar-refractivity contribution in [3.8, 4) is 0 Å². The molecular weight excluding hydrogens is 408 g/mol. The fourth-order valence-corrected chi connectivity index (χ4v) is 4.61. The Bertz CT molecular complexity index is 812. The molecule has 0 saturated carbocycles. The number of likely N-dealkylation sites (tertiary alicyclic amines) is 1. The van der Waals surface area contributed by atoms with Crippen LogP contribution in [0.1, 0.15) is 45.4 Å². The van der Waals surface area contributed by atoms with Crippen molar-refractivity contribution in [2.24, 2.45) is 5.92 Å². The molecule has 3 amide bonds. The van der Waals surface area contributed by atoms with Crippen LogP contribution in [-0.2, 0) is 14.3 Å². The number of hydrogen-bond acceptors (Lipinski definition) is 7. The number of amides is 3. The van der Waals surface area contributed by atoms with Crippen molar-refractivity contribution < 1.29 is 23.9 Å². The number of thiophene rings is 1. The number of nitrogens with zero attached hydrogens (tertiary/aromatic N) is 2. The number of carbonyl (C=O) groups is 4. The molecule has 0 bridgehead atoms. The van der Waals surface area contributed by atoms with Crippen LogP contribution in [0, 0.1) is 12.8 Å². The maximum Gasteiger partial charge on any atom is 0.341 e. The minimum Gasteiger partial charge on any atom is -0.462 e. The number of rotatable bonds is 7. The highest BCUT2D eigenvalue weighted by molar-refractivity contribution is 7.18. The molecule has 1 aromatic heterocycles. The Balaban J connectivity index is 2.07. The average Bonchev–Trinajstić information content (AvgIpc) is 3.03. The van der Waals surface area contributed by atoms with E-state index >= 15 is 0 Å². The van der Waals surface area contributed by atoms with Gasteiger partial charge >= 0.3 is 5.97 Å². The van der Waals surface area contributed by atoms with E-state index in [1.165, 1.54) is 7.05 Å². The molecule has 2 rings (SSSR count). The Labute approximate surface area is 180 Å². The zero-order chi connectivity index (χ0) is 22.4. The Morgan fingerprint density at radius 2 is 1.83 bits per heavy atom. The topological polar surface area (TPSA) is 108 Å². The van der Waals surface area contributed by atoms with Gasteiger partial charge < -0.3 is 20.3 Å². The van der Waals surface area contributed by atoms with E-state index in [9.17, 15) is 19.2 Å². The molecule has 1 aliphatic heterocycles. The summed E-state index contributed by atoms with van der Waals surface area (Å²) in [5, 5.41) is 5.62. The molecule has 0 aliphatic carbocycles. The molecule has 2 heterocycles. The standard InChI is InChI=1S/C20H30N4O5S/c1-6-29-20(28)15-12(2)16(17(26)21-3)30-18(15)22-14(25)11-24-9-7-13(8-10-24)19(27)23(4)5/h13H,6-11H2,1-5H3,(H,21,26)(H,22,25). The van der Waals surface area contributed by atoms with E-state index in [1.807, 2.05) is 4.90 Å². The Morgan fingerprint density at radius 3 is 2.37 bits per heavy atom. The van der Waals surface area contributed by atoms with E-state index in [4.69, 9.17) is 4.74 Å². The molecule has 0 spiro atoms. The molecule has 0 radical (unpaired) electrons. The van der Waals surface area contributed by atoms with Crippen molar-refractivity contribution in [2.75, 3.05) is 52.7 Å². The highest BCUT2D eigenvalue weighted by Crippen LogP contribution is 2.34. The summed E-state index contributed by atoms with van der Waals surface area (Å²) in [4.78, 5) is 53.2. The van der Waals surface area contributed by atoms with Crippen LogP contribution in [0.5, 0.6) is 0 Å². The molecule has 1 fully saturated rings. The van der Waals surface area contributed by atoms with Crippen molar-refractivity contribution in [3.05, 3.63) is 16.0 Å². The largest absolute Gasteiger partial charge is 0.462 e.